The third kappa shape index (κ3) is 12.5. The number of rotatable bonds is 11. The lowest BCUT2D eigenvalue weighted by atomic mass is 10.00. The highest BCUT2D eigenvalue weighted by Crippen LogP contribution is 2.25. The van der Waals surface area contributed by atoms with Gasteiger partial charge in [0.15, 0.2) is 0 Å². The highest BCUT2D eigenvalue weighted by atomic mass is 19.4. The molecule has 41 heavy (non-hydrogen) atoms. The molecule has 12 heteroatoms. The van der Waals surface area contributed by atoms with E-state index in [4.69, 9.17) is 14.2 Å². The normalized spacial score (nSPS) is 13.5. The maximum Gasteiger partial charge on any atom is 0.573 e. The molecule has 8 nitrogen and oxygen atoms in total. The van der Waals surface area contributed by atoms with Crippen molar-refractivity contribution in [1.82, 2.24) is 4.90 Å². The number of carbonyl (C=O) groups is 3. The molecule has 0 aliphatic heterocycles. The summed E-state index contributed by atoms with van der Waals surface area (Å²) in [4.78, 5) is 40.0. The van der Waals surface area contributed by atoms with Crippen molar-refractivity contribution in [3.05, 3.63) is 65.7 Å². The molecular formula is C29H35F4NO7. The van der Waals surface area contributed by atoms with Gasteiger partial charge in [-0.1, -0.05) is 42.5 Å². The first-order chi connectivity index (χ1) is 18.8. The van der Waals surface area contributed by atoms with Crippen LogP contribution < -0.4 is 4.74 Å². The van der Waals surface area contributed by atoms with Crippen LogP contribution in [0.2, 0.25) is 0 Å². The van der Waals surface area contributed by atoms with E-state index in [1.165, 1.54) is 33.0 Å². The minimum atomic E-state index is -4.89. The third-order valence-corrected chi connectivity index (χ3v) is 5.42. The Hall–Kier alpha value is -3.83. The Morgan fingerprint density at radius 2 is 1.41 bits per heavy atom. The quantitative estimate of drug-likeness (QED) is 0.177. The smallest absolute Gasteiger partial charge is 0.458 e. The van der Waals surface area contributed by atoms with Crippen LogP contribution in [-0.4, -0.2) is 59.8 Å². The molecule has 0 saturated heterocycles. The van der Waals surface area contributed by atoms with E-state index < -0.39 is 60.0 Å². The summed E-state index contributed by atoms with van der Waals surface area (Å²) in [6.45, 7) is 7.14. The van der Waals surface area contributed by atoms with E-state index in [9.17, 15) is 31.9 Å². The van der Waals surface area contributed by atoms with Crippen molar-refractivity contribution < 1.29 is 50.9 Å². The van der Waals surface area contributed by atoms with Crippen molar-refractivity contribution in [2.24, 2.45) is 0 Å². The van der Waals surface area contributed by atoms with Crippen LogP contribution >= 0.6 is 0 Å². The van der Waals surface area contributed by atoms with Crippen LogP contribution in [0, 0.1) is 0 Å². The summed E-state index contributed by atoms with van der Waals surface area (Å²) in [6, 6.07) is 11.8. The van der Waals surface area contributed by atoms with Crippen LogP contribution in [0.15, 0.2) is 54.6 Å². The summed E-state index contributed by atoms with van der Waals surface area (Å²) in [6.07, 6.45) is -8.13. The number of likely N-dealkylation sites (N-methyl/N-ethyl adjacent to an activating group) is 1. The Kier molecular flexibility index (Phi) is 11.1. The molecule has 0 saturated carbocycles. The van der Waals surface area contributed by atoms with Gasteiger partial charge in [0.1, 0.15) is 29.7 Å². The largest absolute Gasteiger partial charge is 0.573 e. The number of ether oxygens (including phenoxy) is 4. The molecule has 226 valence electrons. The first-order valence-corrected chi connectivity index (χ1v) is 12.7. The van der Waals surface area contributed by atoms with Gasteiger partial charge < -0.3 is 18.9 Å². The van der Waals surface area contributed by atoms with Crippen molar-refractivity contribution in [3.63, 3.8) is 0 Å². The topological polar surface area (TPSA) is 91.4 Å². The fourth-order valence-corrected chi connectivity index (χ4v) is 3.55. The number of carbonyl (C=O) groups excluding carboxylic acids is 3. The first-order valence-electron chi connectivity index (χ1n) is 12.7. The third-order valence-electron chi connectivity index (χ3n) is 5.42. The average molecular weight is 586 g/mol. The molecule has 0 N–H and O–H groups in total. The van der Waals surface area contributed by atoms with Gasteiger partial charge in [0.05, 0.1) is 0 Å². The lowest BCUT2D eigenvalue weighted by Gasteiger charge is -2.32. The molecule has 2 aromatic rings. The molecule has 2 aromatic carbocycles. The summed E-state index contributed by atoms with van der Waals surface area (Å²) >= 11 is 0. The highest BCUT2D eigenvalue weighted by Gasteiger charge is 2.38. The van der Waals surface area contributed by atoms with E-state index in [1.54, 1.807) is 51.1 Å². The molecule has 2 rings (SSSR count). The second kappa shape index (κ2) is 13.7. The summed E-state index contributed by atoms with van der Waals surface area (Å²) in [5.41, 5.74) is -1.85. The summed E-state index contributed by atoms with van der Waals surface area (Å²) in [5, 5.41) is 0. The van der Waals surface area contributed by atoms with Gasteiger partial charge in [0.25, 0.3) is 0 Å². The van der Waals surface area contributed by atoms with E-state index in [-0.39, 0.29) is 13.0 Å². The van der Waals surface area contributed by atoms with Crippen LogP contribution in [0.3, 0.4) is 0 Å². The van der Waals surface area contributed by atoms with E-state index in [0.29, 0.717) is 11.1 Å². The van der Waals surface area contributed by atoms with Crippen molar-refractivity contribution in [2.75, 3.05) is 7.05 Å². The van der Waals surface area contributed by atoms with E-state index >= 15 is 0 Å². The van der Waals surface area contributed by atoms with Crippen molar-refractivity contribution in [1.29, 1.82) is 0 Å². The van der Waals surface area contributed by atoms with Crippen LogP contribution in [0.1, 0.15) is 52.2 Å². The standard InChI is InChI=1S/C29H35F4NO7/c1-27(2,3)41-26(37)34(6)22(17-28(4,5)30)24(35)39-23(25(36)38-18-20-10-8-7-9-11-20)16-19-12-14-21(15-13-19)40-29(31,32)33/h7-15,22-23H,16-18H2,1-6H3. The minimum Gasteiger partial charge on any atom is -0.458 e. The number of hydrogen-bond acceptors (Lipinski definition) is 7. The fourth-order valence-electron chi connectivity index (χ4n) is 3.55. The molecule has 1 amide bonds. The average Bonchev–Trinajstić information content (AvgIpc) is 2.84. The maximum absolute atomic E-state index is 14.7. The Balaban J connectivity index is 2.30. The number of benzene rings is 2. The molecule has 2 atom stereocenters. The summed E-state index contributed by atoms with van der Waals surface area (Å²) in [7, 11) is 1.24. The van der Waals surface area contributed by atoms with Crippen LogP contribution in [0.4, 0.5) is 22.4 Å². The molecule has 0 spiro atoms. The van der Waals surface area contributed by atoms with Crippen molar-refractivity contribution in [2.45, 2.75) is 83.8 Å². The van der Waals surface area contributed by atoms with Gasteiger partial charge in [-0.3, -0.25) is 4.90 Å². The fraction of sp³-hybridized carbons (Fsp3) is 0.483. The number of halogens is 4. The molecule has 0 bridgehead atoms. The molecule has 0 aliphatic rings. The van der Waals surface area contributed by atoms with Gasteiger partial charge in [0, 0.05) is 19.9 Å². The SMILES string of the molecule is CN(C(=O)OC(C)(C)C)C(CC(C)(C)F)C(=O)OC(Cc1ccc(OC(F)(F)F)cc1)C(=O)OCc1ccccc1. The number of esters is 2. The van der Waals surface area contributed by atoms with Crippen LogP contribution in [-0.2, 0) is 36.8 Å². The maximum atomic E-state index is 14.7. The van der Waals surface area contributed by atoms with Gasteiger partial charge in [-0.15, -0.1) is 13.2 Å². The van der Waals surface area contributed by atoms with Gasteiger partial charge in [0.2, 0.25) is 6.10 Å². The number of hydrogen-bond donors (Lipinski definition) is 0. The predicted octanol–water partition coefficient (Wildman–Crippen LogP) is 6.16. The van der Waals surface area contributed by atoms with Crippen molar-refractivity contribution in [3.8, 4) is 5.75 Å². The highest BCUT2D eigenvalue weighted by molar-refractivity contribution is 5.85. The molecule has 0 heterocycles. The van der Waals surface area contributed by atoms with Gasteiger partial charge >= 0.3 is 24.4 Å². The Morgan fingerprint density at radius 1 is 0.829 bits per heavy atom. The molecule has 2 unspecified atom stereocenters. The minimum absolute atomic E-state index is 0.148. The lowest BCUT2D eigenvalue weighted by Crippen LogP contribution is -2.49. The van der Waals surface area contributed by atoms with Gasteiger partial charge in [-0.2, -0.15) is 0 Å². The Labute approximate surface area is 236 Å². The van der Waals surface area contributed by atoms with E-state index in [1.807, 2.05) is 0 Å². The molecule has 0 fully saturated rings. The number of alkyl halides is 4. The van der Waals surface area contributed by atoms with Gasteiger partial charge in [-0.25, -0.2) is 18.8 Å². The molecule has 0 radical (unpaired) electrons. The second-order valence-corrected chi connectivity index (χ2v) is 10.9. The van der Waals surface area contributed by atoms with Gasteiger partial charge in [-0.05, 0) is 57.9 Å². The number of amides is 1. The molecule has 0 aromatic heterocycles. The predicted molar refractivity (Wildman–Crippen MR) is 141 cm³/mol. The van der Waals surface area contributed by atoms with Crippen molar-refractivity contribution >= 4 is 18.0 Å². The van der Waals surface area contributed by atoms with E-state index in [2.05, 4.69) is 4.74 Å². The Bertz CT molecular complexity index is 1160. The monoisotopic (exact) mass is 585 g/mol. The van der Waals surface area contributed by atoms with Crippen LogP contribution in [0.25, 0.3) is 0 Å². The lowest BCUT2D eigenvalue weighted by molar-refractivity contribution is -0.274. The Morgan fingerprint density at radius 3 is 1.93 bits per heavy atom. The van der Waals surface area contributed by atoms with Crippen LogP contribution in [0.5, 0.6) is 5.75 Å². The molecule has 0 aliphatic carbocycles. The zero-order valence-electron chi connectivity index (χ0n) is 23.8. The zero-order valence-corrected chi connectivity index (χ0v) is 23.8. The summed E-state index contributed by atoms with van der Waals surface area (Å²) < 4.78 is 72.3. The van der Waals surface area contributed by atoms with E-state index in [0.717, 1.165) is 17.0 Å². The zero-order chi connectivity index (χ0) is 31.0. The summed E-state index contributed by atoms with van der Waals surface area (Å²) in [5.74, 6) is -2.52. The number of nitrogens with zero attached hydrogens (tertiary/aromatic N) is 1. The molecular weight excluding hydrogens is 550 g/mol. The first kappa shape index (κ1) is 33.4. The second-order valence-electron chi connectivity index (χ2n) is 10.9.